The number of hydrogen-bond donors (Lipinski definition) is 1. The van der Waals surface area contributed by atoms with Gasteiger partial charge in [-0.25, -0.2) is 0 Å². The van der Waals surface area contributed by atoms with Gasteiger partial charge in [-0.1, -0.05) is 17.7 Å². The summed E-state index contributed by atoms with van der Waals surface area (Å²) >= 11 is 6.07. The first-order chi connectivity index (χ1) is 8.72. The summed E-state index contributed by atoms with van der Waals surface area (Å²) < 4.78 is 10.0. The van der Waals surface area contributed by atoms with E-state index in [2.05, 4.69) is 5.32 Å². The number of benzene rings is 1. The first-order valence-corrected chi connectivity index (χ1v) is 5.72. The molecule has 1 aromatic carbocycles. The van der Waals surface area contributed by atoms with Crippen molar-refractivity contribution in [3.05, 3.63) is 52.9 Å². The molecule has 0 aliphatic rings. The van der Waals surface area contributed by atoms with Crippen LogP contribution in [0.5, 0.6) is 5.75 Å². The van der Waals surface area contributed by atoms with Crippen LogP contribution in [0, 0.1) is 0 Å². The summed E-state index contributed by atoms with van der Waals surface area (Å²) in [5.41, 5.74) is 1.22. The van der Waals surface area contributed by atoms with E-state index < -0.39 is 0 Å². The molecule has 0 spiro atoms. The number of halogens is 1. The maximum absolute atomic E-state index is 11.7. The SMILES string of the molecule is COc1cccc(Cl)c1CNC(=O)c1ccoc1. The molecule has 1 N–H and O–H groups in total. The van der Waals surface area contributed by atoms with Gasteiger partial charge in [0.05, 0.1) is 18.9 Å². The van der Waals surface area contributed by atoms with Crippen LogP contribution in [0.2, 0.25) is 5.02 Å². The van der Waals surface area contributed by atoms with Crippen LogP contribution >= 0.6 is 11.6 Å². The van der Waals surface area contributed by atoms with Crippen LogP contribution in [0.25, 0.3) is 0 Å². The van der Waals surface area contributed by atoms with Crippen molar-refractivity contribution in [3.63, 3.8) is 0 Å². The van der Waals surface area contributed by atoms with Gasteiger partial charge >= 0.3 is 0 Å². The van der Waals surface area contributed by atoms with Gasteiger partial charge in [-0.2, -0.15) is 0 Å². The molecular weight excluding hydrogens is 254 g/mol. The predicted octanol–water partition coefficient (Wildman–Crippen LogP) is 2.87. The highest BCUT2D eigenvalue weighted by atomic mass is 35.5. The van der Waals surface area contributed by atoms with Crippen LogP contribution in [0.3, 0.4) is 0 Å². The standard InChI is InChI=1S/C13H12ClNO3/c1-17-12-4-2-3-11(14)10(12)7-15-13(16)9-5-6-18-8-9/h2-6,8H,7H2,1H3,(H,15,16). The van der Waals surface area contributed by atoms with Crippen molar-refractivity contribution in [2.24, 2.45) is 0 Å². The Kier molecular flexibility index (Phi) is 3.89. The highest BCUT2D eigenvalue weighted by molar-refractivity contribution is 6.31. The van der Waals surface area contributed by atoms with Gasteiger partial charge in [0.1, 0.15) is 12.0 Å². The lowest BCUT2D eigenvalue weighted by atomic mass is 10.2. The second-order valence-electron chi connectivity index (χ2n) is 3.62. The number of hydrogen-bond acceptors (Lipinski definition) is 3. The van der Waals surface area contributed by atoms with Crippen molar-refractivity contribution in [1.82, 2.24) is 5.32 Å². The van der Waals surface area contributed by atoms with Crippen molar-refractivity contribution in [2.45, 2.75) is 6.54 Å². The van der Waals surface area contributed by atoms with E-state index in [1.165, 1.54) is 12.5 Å². The average Bonchev–Trinajstić information content (AvgIpc) is 2.90. The van der Waals surface area contributed by atoms with E-state index in [9.17, 15) is 4.79 Å². The summed E-state index contributed by atoms with van der Waals surface area (Å²) in [6, 6.07) is 6.94. The summed E-state index contributed by atoms with van der Waals surface area (Å²) in [4.78, 5) is 11.7. The lowest BCUT2D eigenvalue weighted by Gasteiger charge is -2.10. The molecule has 18 heavy (non-hydrogen) atoms. The molecule has 0 radical (unpaired) electrons. The van der Waals surface area contributed by atoms with E-state index >= 15 is 0 Å². The Balaban J connectivity index is 2.09. The van der Waals surface area contributed by atoms with Crippen LogP contribution in [0.15, 0.2) is 41.2 Å². The number of nitrogens with one attached hydrogen (secondary N) is 1. The monoisotopic (exact) mass is 265 g/mol. The number of rotatable bonds is 4. The van der Waals surface area contributed by atoms with Crippen molar-refractivity contribution < 1.29 is 13.9 Å². The summed E-state index contributed by atoms with van der Waals surface area (Å²) in [6.07, 6.45) is 2.84. The smallest absolute Gasteiger partial charge is 0.254 e. The fourth-order valence-corrected chi connectivity index (χ4v) is 1.80. The molecule has 0 unspecified atom stereocenters. The number of amides is 1. The molecule has 2 aromatic rings. The number of carbonyl (C=O) groups is 1. The normalized spacial score (nSPS) is 10.1. The zero-order chi connectivity index (χ0) is 13.0. The summed E-state index contributed by atoms with van der Waals surface area (Å²) in [6.45, 7) is 0.298. The second kappa shape index (κ2) is 5.60. The topological polar surface area (TPSA) is 51.5 Å². The summed E-state index contributed by atoms with van der Waals surface area (Å²) in [5.74, 6) is 0.431. The Morgan fingerprint density at radius 2 is 2.28 bits per heavy atom. The van der Waals surface area contributed by atoms with Crippen LogP contribution in [0.1, 0.15) is 15.9 Å². The van der Waals surface area contributed by atoms with Crippen LogP contribution < -0.4 is 10.1 Å². The largest absolute Gasteiger partial charge is 0.496 e. The molecule has 0 fully saturated rings. The summed E-state index contributed by atoms with van der Waals surface area (Å²) in [5, 5.41) is 3.31. The van der Waals surface area contributed by atoms with Gasteiger partial charge < -0.3 is 14.5 Å². The van der Waals surface area contributed by atoms with Gasteiger partial charge in [-0.05, 0) is 18.2 Å². The number of carbonyl (C=O) groups excluding carboxylic acids is 1. The number of ether oxygens (including phenoxy) is 1. The minimum atomic E-state index is -0.217. The van der Waals surface area contributed by atoms with E-state index in [0.29, 0.717) is 22.9 Å². The van der Waals surface area contributed by atoms with E-state index in [0.717, 1.165) is 5.56 Å². The maximum atomic E-state index is 11.7. The molecule has 5 heteroatoms. The zero-order valence-corrected chi connectivity index (χ0v) is 10.5. The quantitative estimate of drug-likeness (QED) is 0.925. The van der Waals surface area contributed by atoms with Crippen molar-refractivity contribution >= 4 is 17.5 Å². The van der Waals surface area contributed by atoms with Crippen LogP contribution in [-0.4, -0.2) is 13.0 Å². The first-order valence-electron chi connectivity index (χ1n) is 5.34. The van der Waals surface area contributed by atoms with Crippen LogP contribution in [0.4, 0.5) is 0 Å². The van der Waals surface area contributed by atoms with Crippen molar-refractivity contribution in [3.8, 4) is 5.75 Å². The van der Waals surface area contributed by atoms with Crippen molar-refractivity contribution in [1.29, 1.82) is 0 Å². The molecular formula is C13H12ClNO3. The molecule has 4 nitrogen and oxygen atoms in total. The van der Waals surface area contributed by atoms with E-state index in [1.54, 1.807) is 31.4 Å². The van der Waals surface area contributed by atoms with Gasteiger partial charge in [0.15, 0.2) is 0 Å². The highest BCUT2D eigenvalue weighted by Gasteiger charge is 2.11. The minimum Gasteiger partial charge on any atom is -0.496 e. The summed E-state index contributed by atoms with van der Waals surface area (Å²) in [7, 11) is 1.56. The molecule has 1 aromatic heterocycles. The Hall–Kier alpha value is -1.94. The van der Waals surface area contributed by atoms with Gasteiger partial charge in [0, 0.05) is 17.1 Å². The van der Waals surface area contributed by atoms with Gasteiger partial charge in [-0.15, -0.1) is 0 Å². The number of furan rings is 1. The molecule has 2 rings (SSSR count). The lowest BCUT2D eigenvalue weighted by molar-refractivity contribution is 0.0950. The molecule has 0 aliphatic carbocycles. The van der Waals surface area contributed by atoms with Gasteiger partial charge in [0.25, 0.3) is 5.91 Å². The number of methoxy groups -OCH3 is 1. The van der Waals surface area contributed by atoms with Crippen LogP contribution in [-0.2, 0) is 6.54 Å². The third-order valence-corrected chi connectivity index (χ3v) is 2.86. The minimum absolute atomic E-state index is 0.217. The highest BCUT2D eigenvalue weighted by Crippen LogP contribution is 2.25. The van der Waals surface area contributed by atoms with Crippen molar-refractivity contribution in [2.75, 3.05) is 7.11 Å². The zero-order valence-electron chi connectivity index (χ0n) is 9.77. The van der Waals surface area contributed by atoms with E-state index in [1.807, 2.05) is 0 Å². The van der Waals surface area contributed by atoms with E-state index in [4.69, 9.17) is 20.8 Å². The maximum Gasteiger partial charge on any atom is 0.254 e. The average molecular weight is 266 g/mol. The molecule has 0 aliphatic heterocycles. The first kappa shape index (κ1) is 12.5. The molecule has 0 atom stereocenters. The molecule has 0 bridgehead atoms. The molecule has 1 amide bonds. The predicted molar refractivity (Wildman–Crippen MR) is 67.9 cm³/mol. The fraction of sp³-hybridized carbons (Fsp3) is 0.154. The third kappa shape index (κ3) is 2.65. The second-order valence-corrected chi connectivity index (χ2v) is 4.02. The molecule has 1 heterocycles. The van der Waals surface area contributed by atoms with Gasteiger partial charge in [-0.3, -0.25) is 4.79 Å². The Morgan fingerprint density at radius 3 is 2.94 bits per heavy atom. The Labute approximate surface area is 110 Å². The lowest BCUT2D eigenvalue weighted by Crippen LogP contribution is -2.22. The molecule has 94 valence electrons. The fourth-order valence-electron chi connectivity index (χ4n) is 1.57. The Morgan fingerprint density at radius 1 is 1.44 bits per heavy atom. The Bertz CT molecular complexity index is 537. The van der Waals surface area contributed by atoms with Gasteiger partial charge in [0.2, 0.25) is 0 Å². The van der Waals surface area contributed by atoms with E-state index in [-0.39, 0.29) is 5.91 Å². The molecule has 0 saturated carbocycles. The third-order valence-electron chi connectivity index (χ3n) is 2.50. The molecule has 0 saturated heterocycles.